The van der Waals surface area contributed by atoms with Crippen molar-refractivity contribution in [3.63, 3.8) is 0 Å². The largest absolute Gasteiger partial charge is 0.451 e. The summed E-state index contributed by atoms with van der Waals surface area (Å²) in [4.78, 5) is 41.3. The molecule has 2 aromatic rings. The maximum atomic E-state index is 13.9. The van der Waals surface area contributed by atoms with Crippen LogP contribution in [0.15, 0.2) is 30.3 Å². The van der Waals surface area contributed by atoms with Gasteiger partial charge in [-0.05, 0) is 24.6 Å². The van der Waals surface area contributed by atoms with Crippen molar-refractivity contribution in [1.29, 1.82) is 0 Å². The maximum Gasteiger partial charge on any atom is 0.349 e. The fraction of sp³-hybridized carbons (Fsp3) is 0.458. The van der Waals surface area contributed by atoms with E-state index in [-0.39, 0.29) is 24.2 Å². The van der Waals surface area contributed by atoms with Crippen LogP contribution in [0.2, 0.25) is 0 Å². The molecule has 178 valence electrons. The number of hydrogen-bond acceptors (Lipinski definition) is 6. The summed E-state index contributed by atoms with van der Waals surface area (Å²) in [5.74, 6) is -1.22. The van der Waals surface area contributed by atoms with Crippen LogP contribution in [0.4, 0.5) is 9.39 Å². The van der Waals surface area contributed by atoms with E-state index in [0.717, 1.165) is 11.3 Å². The molecule has 33 heavy (non-hydrogen) atoms. The maximum absolute atomic E-state index is 13.9. The van der Waals surface area contributed by atoms with Crippen LogP contribution in [0.25, 0.3) is 0 Å². The van der Waals surface area contributed by atoms with Crippen molar-refractivity contribution in [1.82, 2.24) is 9.80 Å². The lowest BCUT2D eigenvalue weighted by Crippen LogP contribution is -2.49. The molecule has 1 aromatic heterocycles. The second-order valence-electron chi connectivity index (χ2n) is 9.15. The van der Waals surface area contributed by atoms with Crippen molar-refractivity contribution < 1.29 is 23.5 Å². The minimum atomic E-state index is -0.583. The highest BCUT2D eigenvalue weighted by Crippen LogP contribution is 2.29. The van der Waals surface area contributed by atoms with Crippen molar-refractivity contribution >= 4 is 34.1 Å². The van der Waals surface area contributed by atoms with Crippen molar-refractivity contribution in [2.24, 2.45) is 5.41 Å². The summed E-state index contributed by atoms with van der Waals surface area (Å²) < 4.78 is 19.1. The summed E-state index contributed by atoms with van der Waals surface area (Å²) >= 11 is 1.13. The Morgan fingerprint density at radius 1 is 1.12 bits per heavy atom. The molecule has 7 nitrogen and oxygen atoms in total. The van der Waals surface area contributed by atoms with Crippen LogP contribution in [0, 0.1) is 18.2 Å². The summed E-state index contributed by atoms with van der Waals surface area (Å²) in [5.41, 5.74) is 0.767. The van der Waals surface area contributed by atoms with E-state index in [9.17, 15) is 18.8 Å². The lowest BCUT2D eigenvalue weighted by molar-refractivity contribution is -0.136. The molecule has 0 saturated carbocycles. The predicted molar refractivity (Wildman–Crippen MR) is 126 cm³/mol. The molecule has 0 unspecified atom stereocenters. The van der Waals surface area contributed by atoms with Gasteiger partial charge in [0, 0.05) is 43.7 Å². The summed E-state index contributed by atoms with van der Waals surface area (Å²) in [5, 5.41) is 3.37. The lowest BCUT2D eigenvalue weighted by Gasteiger charge is -2.34. The Hall–Kier alpha value is -2.78. The van der Waals surface area contributed by atoms with Crippen LogP contribution in [0.1, 0.15) is 41.6 Å². The quantitative estimate of drug-likeness (QED) is 0.645. The van der Waals surface area contributed by atoms with Gasteiger partial charge in [0.2, 0.25) is 5.91 Å². The smallest absolute Gasteiger partial charge is 0.349 e. The van der Waals surface area contributed by atoms with Crippen LogP contribution in [0.5, 0.6) is 0 Å². The van der Waals surface area contributed by atoms with Gasteiger partial charge in [0.15, 0.2) is 6.61 Å². The van der Waals surface area contributed by atoms with Crippen molar-refractivity contribution in [2.45, 2.75) is 34.2 Å². The third-order valence-corrected chi connectivity index (χ3v) is 6.56. The van der Waals surface area contributed by atoms with Crippen LogP contribution in [-0.4, -0.2) is 60.4 Å². The van der Waals surface area contributed by atoms with Gasteiger partial charge in [-0.25, -0.2) is 9.18 Å². The zero-order valence-electron chi connectivity index (χ0n) is 19.4. The number of rotatable bonds is 6. The van der Waals surface area contributed by atoms with E-state index in [2.05, 4.69) is 10.2 Å². The van der Waals surface area contributed by atoms with Gasteiger partial charge in [0.1, 0.15) is 10.7 Å². The first-order valence-electron chi connectivity index (χ1n) is 10.9. The van der Waals surface area contributed by atoms with Gasteiger partial charge >= 0.3 is 5.97 Å². The standard InChI is InChI=1S/C24H30FN3O4S/c1-16-13-19(26-23(31)24(2,3)4)33-21(16)22(30)32-15-20(29)28-11-9-27(10-12-28)14-17-7-5-6-8-18(17)25/h5-8,13H,9-12,14-15H2,1-4H3,(H,26,31). The number of piperazine rings is 1. The van der Waals surface area contributed by atoms with Crippen molar-refractivity contribution in [2.75, 3.05) is 38.1 Å². The molecule has 9 heteroatoms. The average Bonchev–Trinajstić information content (AvgIpc) is 3.13. The summed E-state index contributed by atoms with van der Waals surface area (Å²) in [6.07, 6.45) is 0. The fourth-order valence-electron chi connectivity index (χ4n) is 3.35. The number of nitrogens with one attached hydrogen (secondary N) is 1. The number of anilines is 1. The Morgan fingerprint density at radius 2 is 1.79 bits per heavy atom. The minimum absolute atomic E-state index is 0.145. The molecule has 0 spiro atoms. The normalized spacial score (nSPS) is 14.8. The minimum Gasteiger partial charge on any atom is -0.451 e. The van der Waals surface area contributed by atoms with Crippen LogP contribution < -0.4 is 5.32 Å². The van der Waals surface area contributed by atoms with Gasteiger partial charge in [-0.3, -0.25) is 14.5 Å². The number of thiophene rings is 1. The summed E-state index contributed by atoms with van der Waals surface area (Å²) in [7, 11) is 0. The zero-order valence-corrected chi connectivity index (χ0v) is 20.3. The first-order chi connectivity index (χ1) is 15.5. The van der Waals surface area contributed by atoms with E-state index in [0.29, 0.717) is 53.7 Å². The van der Waals surface area contributed by atoms with E-state index in [1.165, 1.54) is 6.07 Å². The number of carbonyl (C=O) groups is 3. The van der Waals surface area contributed by atoms with Crippen LogP contribution >= 0.6 is 11.3 Å². The zero-order chi connectivity index (χ0) is 24.2. The molecule has 0 atom stereocenters. The molecule has 1 N–H and O–H groups in total. The third-order valence-electron chi connectivity index (χ3n) is 5.42. The van der Waals surface area contributed by atoms with E-state index >= 15 is 0 Å². The Morgan fingerprint density at radius 3 is 2.42 bits per heavy atom. The van der Waals surface area contributed by atoms with E-state index in [1.54, 1.807) is 30.0 Å². The average molecular weight is 476 g/mol. The van der Waals surface area contributed by atoms with Gasteiger partial charge in [0.05, 0.1) is 5.00 Å². The van der Waals surface area contributed by atoms with E-state index in [1.807, 2.05) is 26.8 Å². The second-order valence-corrected chi connectivity index (χ2v) is 10.2. The number of esters is 1. The number of ether oxygens (including phenoxy) is 1. The number of nitrogens with zero attached hydrogens (tertiary/aromatic N) is 2. The molecule has 2 amide bonds. The summed E-state index contributed by atoms with van der Waals surface area (Å²) in [6.45, 7) is 9.57. The third kappa shape index (κ3) is 6.61. The molecule has 0 aliphatic carbocycles. The van der Waals surface area contributed by atoms with Gasteiger partial charge in [-0.2, -0.15) is 0 Å². The van der Waals surface area contributed by atoms with Crippen molar-refractivity contribution in [3.05, 3.63) is 52.2 Å². The van der Waals surface area contributed by atoms with Gasteiger partial charge < -0.3 is 15.0 Å². The monoisotopic (exact) mass is 475 g/mol. The molecule has 1 saturated heterocycles. The molecule has 1 aromatic carbocycles. The molecule has 1 fully saturated rings. The van der Waals surface area contributed by atoms with E-state index < -0.39 is 11.4 Å². The summed E-state index contributed by atoms with van der Waals surface area (Å²) in [6, 6.07) is 8.40. The number of aryl methyl sites for hydroxylation is 1. The van der Waals surface area contributed by atoms with Gasteiger partial charge in [-0.15, -0.1) is 11.3 Å². The SMILES string of the molecule is Cc1cc(NC(=O)C(C)(C)C)sc1C(=O)OCC(=O)N1CCN(Cc2ccccc2F)CC1. The number of carbonyl (C=O) groups excluding carboxylic acids is 3. The lowest BCUT2D eigenvalue weighted by atomic mass is 9.96. The molecule has 1 aliphatic rings. The van der Waals surface area contributed by atoms with E-state index in [4.69, 9.17) is 4.74 Å². The topological polar surface area (TPSA) is 78.9 Å². The Kier molecular flexibility index (Phi) is 7.86. The highest BCUT2D eigenvalue weighted by atomic mass is 32.1. The highest BCUT2D eigenvalue weighted by Gasteiger charge is 2.25. The molecular weight excluding hydrogens is 445 g/mol. The van der Waals surface area contributed by atoms with Gasteiger partial charge in [0.25, 0.3) is 5.91 Å². The Labute approximate surface area is 197 Å². The molecule has 2 heterocycles. The number of hydrogen-bond donors (Lipinski definition) is 1. The number of benzene rings is 1. The van der Waals surface area contributed by atoms with Crippen LogP contribution in [0.3, 0.4) is 0 Å². The second kappa shape index (κ2) is 10.4. The predicted octanol–water partition coefficient (Wildman–Crippen LogP) is 3.68. The molecule has 0 radical (unpaired) electrons. The fourth-order valence-corrected chi connectivity index (χ4v) is 4.31. The Balaban J connectivity index is 1.47. The van der Waals surface area contributed by atoms with Gasteiger partial charge in [-0.1, -0.05) is 39.0 Å². The molecule has 0 bridgehead atoms. The van der Waals surface area contributed by atoms with Crippen molar-refractivity contribution in [3.8, 4) is 0 Å². The first-order valence-corrected chi connectivity index (χ1v) is 11.7. The molecule has 3 rings (SSSR count). The Bertz CT molecular complexity index is 1020. The molecule has 1 aliphatic heterocycles. The number of amides is 2. The number of halogens is 1. The highest BCUT2D eigenvalue weighted by molar-refractivity contribution is 7.18. The molecular formula is C24H30FN3O4S. The van der Waals surface area contributed by atoms with Crippen LogP contribution in [-0.2, 0) is 20.9 Å². The first kappa shape index (κ1) is 24.9.